The lowest BCUT2D eigenvalue weighted by Gasteiger charge is -2.20. The molecule has 0 spiro atoms. The lowest BCUT2D eigenvalue weighted by molar-refractivity contribution is -0.263. The molecule has 2 bridgehead atoms. The number of rotatable bonds is 2. The summed E-state index contributed by atoms with van der Waals surface area (Å²) in [7, 11) is 0. The highest BCUT2D eigenvalue weighted by molar-refractivity contribution is 5.90. The van der Waals surface area contributed by atoms with E-state index in [2.05, 4.69) is 9.78 Å². The Kier molecular flexibility index (Phi) is 2.42. The predicted octanol–water partition coefficient (Wildman–Crippen LogP) is 1.84. The molecule has 0 aromatic heterocycles. The van der Waals surface area contributed by atoms with Crippen molar-refractivity contribution in [2.45, 2.75) is 20.3 Å². The summed E-state index contributed by atoms with van der Waals surface area (Å²) < 4.78 is 0. The van der Waals surface area contributed by atoms with Gasteiger partial charge in [-0.25, -0.2) is 19.4 Å². The zero-order chi connectivity index (χ0) is 11.8. The molecule has 0 fully saturated rings. The third kappa shape index (κ3) is 1.38. The average Bonchev–Trinajstić information content (AvgIpc) is 2.80. The number of allylic oxidation sites excluding steroid dienone is 4. The average molecular weight is 220 g/mol. The number of fused-ring (bicyclic) bond motifs is 2. The molecule has 84 valence electrons. The minimum absolute atomic E-state index is 0.174. The van der Waals surface area contributed by atoms with Gasteiger partial charge in [-0.3, -0.25) is 0 Å². The van der Waals surface area contributed by atoms with Crippen LogP contribution in [0.5, 0.6) is 0 Å². The van der Waals surface area contributed by atoms with Gasteiger partial charge in [0, 0.05) is 6.42 Å². The van der Waals surface area contributed by atoms with Crippen LogP contribution in [-0.4, -0.2) is 11.9 Å². The second-order valence-corrected chi connectivity index (χ2v) is 3.88. The molecular formula is C12H12O4. The normalized spacial score (nSPS) is 19.1. The van der Waals surface area contributed by atoms with Crippen molar-refractivity contribution in [3.63, 3.8) is 0 Å². The van der Waals surface area contributed by atoms with Crippen LogP contribution in [0.25, 0.3) is 0 Å². The molecule has 2 rings (SSSR count). The Bertz CT molecular complexity index is 418. The molecule has 0 aromatic carbocycles. The molecule has 0 N–H and O–H groups in total. The van der Waals surface area contributed by atoms with Gasteiger partial charge in [-0.15, -0.1) is 0 Å². The minimum Gasteiger partial charge on any atom is -0.247 e. The summed E-state index contributed by atoms with van der Waals surface area (Å²) in [6, 6.07) is 0. The van der Waals surface area contributed by atoms with E-state index in [1.165, 1.54) is 0 Å². The highest BCUT2D eigenvalue weighted by Gasteiger charge is 2.46. The quantitative estimate of drug-likeness (QED) is 0.526. The second-order valence-electron chi connectivity index (χ2n) is 3.88. The Labute approximate surface area is 93.2 Å². The van der Waals surface area contributed by atoms with Crippen molar-refractivity contribution < 1.29 is 19.4 Å². The van der Waals surface area contributed by atoms with E-state index in [-0.39, 0.29) is 6.42 Å². The summed E-state index contributed by atoms with van der Waals surface area (Å²) in [4.78, 5) is 31.6. The summed E-state index contributed by atoms with van der Waals surface area (Å²) in [6.07, 6.45) is 7.61. The Balaban J connectivity index is 2.05. The molecule has 0 radical (unpaired) electrons. The molecule has 4 heteroatoms. The first kappa shape index (κ1) is 10.7. The molecule has 0 atom stereocenters. The molecule has 0 aromatic rings. The van der Waals surface area contributed by atoms with Crippen molar-refractivity contribution in [2.75, 3.05) is 0 Å². The topological polar surface area (TPSA) is 52.6 Å². The highest BCUT2D eigenvalue weighted by Crippen LogP contribution is 2.47. The molecule has 0 unspecified atom stereocenters. The summed E-state index contributed by atoms with van der Waals surface area (Å²) in [5.74, 6) is -1.12. The Morgan fingerprint density at radius 3 is 2.19 bits per heavy atom. The van der Waals surface area contributed by atoms with Gasteiger partial charge in [0.1, 0.15) is 5.41 Å². The van der Waals surface area contributed by atoms with Gasteiger partial charge in [0.2, 0.25) is 0 Å². The molecule has 16 heavy (non-hydrogen) atoms. The molecule has 0 saturated heterocycles. The Hall–Kier alpha value is -1.84. The van der Waals surface area contributed by atoms with E-state index in [4.69, 9.17) is 0 Å². The third-order valence-electron chi connectivity index (χ3n) is 2.95. The Morgan fingerprint density at radius 1 is 1.19 bits per heavy atom. The van der Waals surface area contributed by atoms with Gasteiger partial charge < -0.3 is 0 Å². The van der Waals surface area contributed by atoms with Crippen molar-refractivity contribution in [1.29, 1.82) is 0 Å². The van der Waals surface area contributed by atoms with Gasteiger partial charge in [-0.05, 0) is 18.1 Å². The lowest BCUT2D eigenvalue weighted by atomic mass is 9.84. The first-order valence-electron chi connectivity index (χ1n) is 5.12. The lowest BCUT2D eigenvalue weighted by Crippen LogP contribution is -2.29. The van der Waals surface area contributed by atoms with Crippen LogP contribution in [0.3, 0.4) is 0 Å². The van der Waals surface area contributed by atoms with E-state index in [1.54, 1.807) is 13.8 Å². The number of carbonyl (C=O) groups excluding carboxylic acids is 2. The number of hydrogen-bond acceptors (Lipinski definition) is 4. The molecule has 0 aliphatic heterocycles. The van der Waals surface area contributed by atoms with Gasteiger partial charge in [0.15, 0.2) is 0 Å². The smallest absolute Gasteiger partial charge is 0.247 e. The minimum atomic E-state index is -0.811. The highest BCUT2D eigenvalue weighted by atomic mass is 17.2. The van der Waals surface area contributed by atoms with Crippen LogP contribution < -0.4 is 0 Å². The summed E-state index contributed by atoms with van der Waals surface area (Å²) in [5, 5.41) is 0. The van der Waals surface area contributed by atoms with Crippen LogP contribution in [0.2, 0.25) is 0 Å². The zero-order valence-electron chi connectivity index (χ0n) is 9.15. The largest absolute Gasteiger partial charge is 0.370 e. The summed E-state index contributed by atoms with van der Waals surface area (Å²) >= 11 is 0. The van der Waals surface area contributed by atoms with Crippen molar-refractivity contribution in [1.82, 2.24) is 0 Å². The van der Waals surface area contributed by atoms with Crippen LogP contribution in [0, 0.1) is 5.41 Å². The van der Waals surface area contributed by atoms with Crippen LogP contribution >= 0.6 is 0 Å². The van der Waals surface area contributed by atoms with Crippen LogP contribution in [-0.2, 0) is 19.4 Å². The monoisotopic (exact) mass is 220 g/mol. The van der Waals surface area contributed by atoms with E-state index in [9.17, 15) is 9.59 Å². The SMILES string of the molecule is CCC(=O)OOC(=O)C1(C)C2=CC=C1C=C2. The van der Waals surface area contributed by atoms with E-state index in [1.807, 2.05) is 24.3 Å². The molecule has 2 aliphatic rings. The maximum Gasteiger partial charge on any atom is 0.370 e. The number of carbonyl (C=O) groups is 2. The first-order chi connectivity index (χ1) is 7.59. The van der Waals surface area contributed by atoms with E-state index in [0.717, 1.165) is 11.1 Å². The molecule has 0 saturated carbocycles. The molecule has 0 amide bonds. The predicted molar refractivity (Wildman–Crippen MR) is 55.9 cm³/mol. The van der Waals surface area contributed by atoms with Crippen molar-refractivity contribution in [3.05, 3.63) is 35.5 Å². The first-order valence-corrected chi connectivity index (χ1v) is 5.12. The second kappa shape index (κ2) is 3.63. The van der Waals surface area contributed by atoms with Gasteiger partial charge in [0.05, 0.1) is 0 Å². The van der Waals surface area contributed by atoms with E-state index in [0.29, 0.717) is 0 Å². The van der Waals surface area contributed by atoms with Gasteiger partial charge >= 0.3 is 11.9 Å². The van der Waals surface area contributed by atoms with Crippen molar-refractivity contribution in [2.24, 2.45) is 5.41 Å². The molecular weight excluding hydrogens is 208 g/mol. The molecule has 4 nitrogen and oxygen atoms in total. The Morgan fingerprint density at radius 2 is 1.75 bits per heavy atom. The standard InChI is InChI=1S/C12H12O4/c1-3-10(13)15-16-11(14)12(2)8-4-5-9(12)7-6-8/h4-7H,3H2,1-2H3. The maximum absolute atomic E-state index is 11.8. The van der Waals surface area contributed by atoms with E-state index < -0.39 is 17.4 Å². The van der Waals surface area contributed by atoms with Gasteiger partial charge in [0.25, 0.3) is 0 Å². The molecule has 2 aliphatic carbocycles. The zero-order valence-corrected chi connectivity index (χ0v) is 9.15. The van der Waals surface area contributed by atoms with E-state index >= 15 is 0 Å². The van der Waals surface area contributed by atoms with Crippen molar-refractivity contribution in [3.8, 4) is 0 Å². The molecule has 0 heterocycles. The van der Waals surface area contributed by atoms with Crippen LogP contribution in [0.4, 0.5) is 0 Å². The van der Waals surface area contributed by atoms with Crippen molar-refractivity contribution >= 4 is 11.9 Å². The van der Waals surface area contributed by atoms with Crippen LogP contribution in [0.15, 0.2) is 35.5 Å². The fourth-order valence-corrected chi connectivity index (χ4v) is 1.77. The fraction of sp³-hybridized carbons (Fsp3) is 0.333. The van der Waals surface area contributed by atoms with Crippen LogP contribution in [0.1, 0.15) is 20.3 Å². The van der Waals surface area contributed by atoms with Gasteiger partial charge in [-0.1, -0.05) is 31.2 Å². The fourth-order valence-electron chi connectivity index (χ4n) is 1.77. The van der Waals surface area contributed by atoms with Gasteiger partial charge in [-0.2, -0.15) is 0 Å². The summed E-state index contributed by atoms with van der Waals surface area (Å²) in [5.41, 5.74) is 0.911. The summed E-state index contributed by atoms with van der Waals surface area (Å²) in [6.45, 7) is 3.38. The number of hydrogen-bond donors (Lipinski definition) is 0. The maximum atomic E-state index is 11.8. The third-order valence-corrected chi connectivity index (χ3v) is 2.95.